The third-order valence-corrected chi connectivity index (χ3v) is 1.58. The van der Waals surface area contributed by atoms with Crippen LogP contribution in [-0.2, 0) is 6.54 Å². The summed E-state index contributed by atoms with van der Waals surface area (Å²) >= 11 is 0. The lowest BCUT2D eigenvalue weighted by atomic mass is 10.1. The van der Waals surface area contributed by atoms with Gasteiger partial charge >= 0.3 is 0 Å². The number of hydrogen-bond donors (Lipinski definition) is 1. The van der Waals surface area contributed by atoms with Gasteiger partial charge < -0.3 is 5.73 Å². The Morgan fingerprint density at radius 1 is 1.33 bits per heavy atom. The van der Waals surface area contributed by atoms with Gasteiger partial charge in [-0.2, -0.15) is 0 Å². The molecule has 0 aromatic heterocycles. The Kier molecular flexibility index (Phi) is 2.70. The van der Waals surface area contributed by atoms with Gasteiger partial charge in [-0.25, -0.2) is 13.2 Å². The van der Waals surface area contributed by atoms with Crippen molar-refractivity contribution in [2.24, 2.45) is 5.73 Å². The van der Waals surface area contributed by atoms with E-state index in [2.05, 4.69) is 0 Å². The third-order valence-electron chi connectivity index (χ3n) is 1.58. The lowest BCUT2D eigenvalue weighted by molar-refractivity contribution is 0.145. The second-order valence-electron chi connectivity index (χ2n) is 2.32. The molecular formula is C8H8F3N. The van der Waals surface area contributed by atoms with E-state index in [0.717, 1.165) is 6.07 Å². The van der Waals surface area contributed by atoms with Crippen LogP contribution in [0.3, 0.4) is 0 Å². The van der Waals surface area contributed by atoms with Crippen LogP contribution in [0.25, 0.3) is 0 Å². The Labute approximate surface area is 68.0 Å². The maximum absolute atomic E-state index is 12.8. The first-order chi connectivity index (χ1) is 5.66. The molecule has 66 valence electrons. The molecule has 0 aliphatic carbocycles. The van der Waals surface area contributed by atoms with Gasteiger partial charge in [0, 0.05) is 6.54 Å². The number of rotatable bonds is 2. The largest absolute Gasteiger partial charge is 0.326 e. The SMILES string of the molecule is NCc1cccc(F)c1C(F)F. The molecule has 1 aromatic carbocycles. The van der Waals surface area contributed by atoms with Gasteiger partial charge in [-0.3, -0.25) is 0 Å². The van der Waals surface area contributed by atoms with Crippen LogP contribution in [0.1, 0.15) is 17.6 Å². The molecule has 0 radical (unpaired) electrons. The molecule has 0 saturated heterocycles. The number of nitrogens with two attached hydrogens (primary N) is 1. The van der Waals surface area contributed by atoms with Crippen molar-refractivity contribution in [3.8, 4) is 0 Å². The van der Waals surface area contributed by atoms with Crippen molar-refractivity contribution < 1.29 is 13.2 Å². The van der Waals surface area contributed by atoms with Crippen LogP contribution in [-0.4, -0.2) is 0 Å². The summed E-state index contributed by atoms with van der Waals surface area (Å²) in [5.74, 6) is -0.895. The number of alkyl halides is 2. The van der Waals surface area contributed by atoms with E-state index in [-0.39, 0.29) is 12.1 Å². The van der Waals surface area contributed by atoms with Crippen LogP contribution in [0.2, 0.25) is 0 Å². The molecule has 0 spiro atoms. The first kappa shape index (κ1) is 9.06. The third kappa shape index (κ3) is 1.58. The molecular weight excluding hydrogens is 167 g/mol. The molecule has 1 aromatic rings. The van der Waals surface area contributed by atoms with E-state index in [1.54, 1.807) is 0 Å². The topological polar surface area (TPSA) is 26.0 Å². The van der Waals surface area contributed by atoms with E-state index < -0.39 is 17.8 Å². The van der Waals surface area contributed by atoms with Crippen molar-refractivity contribution in [2.45, 2.75) is 13.0 Å². The van der Waals surface area contributed by atoms with Crippen LogP contribution >= 0.6 is 0 Å². The maximum Gasteiger partial charge on any atom is 0.266 e. The fraction of sp³-hybridized carbons (Fsp3) is 0.250. The average Bonchev–Trinajstić information content (AvgIpc) is 2.03. The van der Waals surface area contributed by atoms with Gasteiger partial charge in [-0.05, 0) is 11.6 Å². The van der Waals surface area contributed by atoms with Crippen LogP contribution in [0.15, 0.2) is 18.2 Å². The summed E-state index contributed by atoms with van der Waals surface area (Å²) in [4.78, 5) is 0. The summed E-state index contributed by atoms with van der Waals surface area (Å²) in [6, 6.07) is 3.76. The minimum atomic E-state index is -2.80. The molecule has 2 N–H and O–H groups in total. The van der Waals surface area contributed by atoms with Gasteiger partial charge in [0.25, 0.3) is 6.43 Å². The van der Waals surface area contributed by atoms with Crippen molar-refractivity contribution in [2.75, 3.05) is 0 Å². The van der Waals surface area contributed by atoms with Crippen LogP contribution in [0.4, 0.5) is 13.2 Å². The molecule has 0 aliphatic heterocycles. The van der Waals surface area contributed by atoms with Gasteiger partial charge in [0.05, 0.1) is 5.56 Å². The summed E-state index contributed by atoms with van der Waals surface area (Å²) in [5, 5.41) is 0. The lowest BCUT2D eigenvalue weighted by Gasteiger charge is -2.06. The molecule has 0 saturated carbocycles. The maximum atomic E-state index is 12.8. The minimum Gasteiger partial charge on any atom is -0.326 e. The molecule has 0 fully saturated rings. The molecule has 1 rings (SSSR count). The highest BCUT2D eigenvalue weighted by Gasteiger charge is 2.16. The molecule has 0 aliphatic rings. The molecule has 1 nitrogen and oxygen atoms in total. The van der Waals surface area contributed by atoms with E-state index in [9.17, 15) is 13.2 Å². The molecule has 0 atom stereocenters. The normalized spacial score (nSPS) is 10.8. The summed E-state index contributed by atoms with van der Waals surface area (Å²) in [6.45, 7) is -0.0720. The standard InChI is InChI=1S/C8H8F3N/c9-6-3-1-2-5(4-12)7(6)8(10)11/h1-3,8H,4,12H2. The van der Waals surface area contributed by atoms with Gasteiger partial charge in [0.1, 0.15) is 5.82 Å². The number of hydrogen-bond acceptors (Lipinski definition) is 1. The van der Waals surface area contributed by atoms with Crippen molar-refractivity contribution in [3.05, 3.63) is 35.1 Å². The van der Waals surface area contributed by atoms with Crippen molar-refractivity contribution in [1.82, 2.24) is 0 Å². The number of halogens is 3. The van der Waals surface area contributed by atoms with Crippen LogP contribution in [0.5, 0.6) is 0 Å². The molecule has 0 bridgehead atoms. The first-order valence-corrected chi connectivity index (χ1v) is 3.42. The highest BCUT2D eigenvalue weighted by atomic mass is 19.3. The smallest absolute Gasteiger partial charge is 0.266 e. The fourth-order valence-corrected chi connectivity index (χ4v) is 1.00. The first-order valence-electron chi connectivity index (χ1n) is 3.42. The fourth-order valence-electron chi connectivity index (χ4n) is 1.00. The van der Waals surface area contributed by atoms with Crippen molar-refractivity contribution in [1.29, 1.82) is 0 Å². The molecule has 0 unspecified atom stereocenters. The van der Waals surface area contributed by atoms with Crippen LogP contribution in [0, 0.1) is 5.82 Å². The second-order valence-corrected chi connectivity index (χ2v) is 2.32. The van der Waals surface area contributed by atoms with Gasteiger partial charge in [0.2, 0.25) is 0 Å². The molecule has 12 heavy (non-hydrogen) atoms. The highest BCUT2D eigenvalue weighted by molar-refractivity contribution is 5.29. The Morgan fingerprint density at radius 3 is 2.42 bits per heavy atom. The Bertz CT molecular complexity index is 273. The van der Waals surface area contributed by atoms with E-state index in [0.29, 0.717) is 0 Å². The van der Waals surface area contributed by atoms with Crippen LogP contribution < -0.4 is 5.73 Å². The monoisotopic (exact) mass is 175 g/mol. The zero-order valence-electron chi connectivity index (χ0n) is 6.23. The van der Waals surface area contributed by atoms with E-state index >= 15 is 0 Å². The zero-order valence-corrected chi connectivity index (χ0v) is 6.23. The number of benzene rings is 1. The summed E-state index contributed by atoms with van der Waals surface area (Å²) < 4.78 is 37.1. The van der Waals surface area contributed by atoms with E-state index in [1.165, 1.54) is 12.1 Å². The lowest BCUT2D eigenvalue weighted by Crippen LogP contribution is -2.04. The minimum absolute atomic E-state index is 0.0720. The predicted molar refractivity (Wildman–Crippen MR) is 39.2 cm³/mol. The molecule has 4 heteroatoms. The van der Waals surface area contributed by atoms with Gasteiger partial charge in [-0.15, -0.1) is 0 Å². The van der Waals surface area contributed by atoms with E-state index in [4.69, 9.17) is 5.73 Å². The van der Waals surface area contributed by atoms with E-state index in [1.807, 2.05) is 0 Å². The predicted octanol–water partition coefficient (Wildman–Crippen LogP) is 2.22. The average molecular weight is 175 g/mol. The molecule has 0 amide bonds. The van der Waals surface area contributed by atoms with Crippen molar-refractivity contribution >= 4 is 0 Å². The van der Waals surface area contributed by atoms with Crippen molar-refractivity contribution in [3.63, 3.8) is 0 Å². The summed E-state index contributed by atoms with van der Waals surface area (Å²) in [6.07, 6.45) is -2.80. The summed E-state index contributed by atoms with van der Waals surface area (Å²) in [5.41, 5.74) is 4.73. The Hall–Kier alpha value is -1.03. The zero-order chi connectivity index (χ0) is 9.14. The Balaban J connectivity index is 3.20. The quantitative estimate of drug-likeness (QED) is 0.732. The second kappa shape index (κ2) is 3.58. The summed E-state index contributed by atoms with van der Waals surface area (Å²) in [7, 11) is 0. The van der Waals surface area contributed by atoms with Gasteiger partial charge in [-0.1, -0.05) is 12.1 Å². The Morgan fingerprint density at radius 2 is 2.00 bits per heavy atom. The highest BCUT2D eigenvalue weighted by Crippen LogP contribution is 2.25. The van der Waals surface area contributed by atoms with Gasteiger partial charge in [0.15, 0.2) is 0 Å². The molecule has 0 heterocycles.